The predicted molar refractivity (Wildman–Crippen MR) is 162 cm³/mol. The molecule has 2 aromatic heterocycles. The van der Waals surface area contributed by atoms with Gasteiger partial charge in [-0.1, -0.05) is 103 Å². The Kier molecular flexibility index (Phi) is 5.94. The van der Waals surface area contributed by atoms with Gasteiger partial charge in [0.1, 0.15) is 17.3 Å². The number of benzene rings is 3. The van der Waals surface area contributed by atoms with Crippen molar-refractivity contribution in [2.24, 2.45) is 5.92 Å². The normalized spacial score (nSPS) is 20.9. The zero-order valence-corrected chi connectivity index (χ0v) is 24.4. The summed E-state index contributed by atoms with van der Waals surface area (Å²) in [6, 6.07) is 23.1. The molecular formula is C36H43N2+. The van der Waals surface area contributed by atoms with Gasteiger partial charge in [0, 0.05) is 21.8 Å². The minimum atomic E-state index is -0.0348. The standard InChI is InChI=1S/C36H43N2/c1-8-15-25-16-13-17-26(22-24(4)5)32(25)31-23-37-34-33-28(27-18-11-12-21-30(27)38(31)34)19-14-20-29(33)35(6,9-2)36(37,7)10-3/h11-14,16-21,23-24H,8-10,15,22H2,1-7H3/q+1. The maximum absolute atomic E-state index is 2.69. The lowest BCUT2D eigenvalue weighted by atomic mass is 9.62. The van der Waals surface area contributed by atoms with Crippen molar-refractivity contribution < 1.29 is 4.57 Å². The van der Waals surface area contributed by atoms with Crippen LogP contribution < -0.4 is 4.57 Å². The largest absolute Gasteiger partial charge is 0.296 e. The Hall–Kier alpha value is -3.13. The Morgan fingerprint density at radius 1 is 0.816 bits per heavy atom. The molecule has 2 atom stereocenters. The van der Waals surface area contributed by atoms with Crippen molar-refractivity contribution in [1.82, 2.24) is 4.40 Å². The molecule has 0 saturated carbocycles. The number of nitrogens with zero attached hydrogens (tertiary/aromatic N) is 2. The number of aryl methyl sites for hydroxylation is 1. The van der Waals surface area contributed by atoms with E-state index < -0.39 is 0 Å². The van der Waals surface area contributed by atoms with Crippen LogP contribution in [0.1, 0.15) is 84.4 Å². The van der Waals surface area contributed by atoms with Gasteiger partial charge in [-0.05, 0) is 61.3 Å². The highest BCUT2D eigenvalue weighted by molar-refractivity contribution is 6.13. The molecule has 1 aliphatic rings. The minimum absolute atomic E-state index is 0.0319. The van der Waals surface area contributed by atoms with Crippen LogP contribution in [0.3, 0.4) is 0 Å². The van der Waals surface area contributed by atoms with Crippen LogP contribution in [-0.2, 0) is 23.8 Å². The van der Waals surface area contributed by atoms with Gasteiger partial charge >= 0.3 is 0 Å². The van der Waals surface area contributed by atoms with E-state index >= 15 is 0 Å². The average molecular weight is 504 g/mol. The van der Waals surface area contributed by atoms with Gasteiger partial charge in [-0.25, -0.2) is 4.57 Å². The third-order valence-corrected chi connectivity index (χ3v) is 10.0. The molecular weight excluding hydrogens is 460 g/mol. The van der Waals surface area contributed by atoms with Gasteiger partial charge in [-0.2, -0.15) is 4.40 Å². The van der Waals surface area contributed by atoms with Crippen LogP contribution in [0, 0.1) is 5.92 Å². The molecule has 2 nitrogen and oxygen atoms in total. The first-order chi connectivity index (χ1) is 18.3. The molecule has 0 fully saturated rings. The quantitative estimate of drug-likeness (QED) is 0.155. The van der Waals surface area contributed by atoms with Gasteiger partial charge in [0.25, 0.3) is 5.65 Å². The second-order valence-corrected chi connectivity index (χ2v) is 12.4. The Balaban J connectivity index is 1.89. The minimum Gasteiger partial charge on any atom is -0.223 e. The van der Waals surface area contributed by atoms with E-state index in [4.69, 9.17) is 0 Å². The van der Waals surface area contributed by atoms with Crippen LogP contribution in [0.2, 0.25) is 0 Å². The van der Waals surface area contributed by atoms with Crippen LogP contribution in [-0.4, -0.2) is 4.40 Å². The van der Waals surface area contributed by atoms with E-state index in [2.05, 4.69) is 124 Å². The van der Waals surface area contributed by atoms with Crippen LogP contribution in [0.5, 0.6) is 0 Å². The van der Waals surface area contributed by atoms with E-state index in [1.807, 2.05) is 0 Å². The molecule has 0 bridgehead atoms. The second-order valence-electron chi connectivity index (χ2n) is 12.4. The summed E-state index contributed by atoms with van der Waals surface area (Å²) < 4.78 is 5.32. The molecule has 2 unspecified atom stereocenters. The fourth-order valence-electron chi connectivity index (χ4n) is 7.62. The van der Waals surface area contributed by atoms with Crippen molar-refractivity contribution >= 4 is 27.3 Å². The molecule has 0 N–H and O–H groups in total. The third kappa shape index (κ3) is 3.22. The van der Waals surface area contributed by atoms with E-state index in [1.165, 1.54) is 55.3 Å². The number of para-hydroxylation sites is 1. The molecule has 3 heterocycles. The van der Waals surface area contributed by atoms with Crippen molar-refractivity contribution in [2.45, 2.75) is 91.5 Å². The van der Waals surface area contributed by atoms with E-state index in [1.54, 1.807) is 0 Å². The molecule has 3 aromatic carbocycles. The average Bonchev–Trinajstić information content (AvgIpc) is 3.33. The summed E-state index contributed by atoms with van der Waals surface area (Å²) in [4.78, 5) is 0. The van der Waals surface area contributed by atoms with E-state index in [0.717, 1.165) is 32.1 Å². The Morgan fingerprint density at radius 2 is 1.53 bits per heavy atom. The molecule has 2 heteroatoms. The molecule has 0 spiro atoms. The first-order valence-electron chi connectivity index (χ1n) is 14.8. The second kappa shape index (κ2) is 8.97. The molecule has 6 rings (SSSR count). The van der Waals surface area contributed by atoms with Gasteiger partial charge in [0.05, 0.1) is 5.39 Å². The maximum atomic E-state index is 2.69. The Bertz CT molecular complexity index is 1690. The summed E-state index contributed by atoms with van der Waals surface area (Å²) in [5.41, 5.74) is 9.94. The maximum Gasteiger partial charge on any atom is 0.296 e. The van der Waals surface area contributed by atoms with Crippen molar-refractivity contribution in [2.75, 3.05) is 0 Å². The fourth-order valence-corrected chi connectivity index (χ4v) is 7.62. The van der Waals surface area contributed by atoms with Gasteiger partial charge < -0.3 is 0 Å². The predicted octanol–water partition coefficient (Wildman–Crippen LogP) is 9.16. The van der Waals surface area contributed by atoms with Gasteiger partial charge in [0.2, 0.25) is 0 Å². The van der Waals surface area contributed by atoms with Gasteiger partial charge in [-0.3, -0.25) is 0 Å². The zero-order chi connectivity index (χ0) is 26.8. The fraction of sp³-hybridized carbons (Fsp3) is 0.417. The zero-order valence-electron chi connectivity index (χ0n) is 24.4. The smallest absolute Gasteiger partial charge is 0.223 e. The monoisotopic (exact) mass is 503 g/mol. The summed E-state index contributed by atoms with van der Waals surface area (Å²) in [5.74, 6) is 0.605. The number of hydrogen-bond acceptors (Lipinski definition) is 0. The highest BCUT2D eigenvalue weighted by Gasteiger charge is 2.54. The topological polar surface area (TPSA) is 8.29 Å². The molecule has 5 aromatic rings. The molecule has 38 heavy (non-hydrogen) atoms. The highest BCUT2D eigenvalue weighted by atomic mass is 15.2. The number of rotatable bonds is 7. The summed E-state index contributed by atoms with van der Waals surface area (Å²) in [7, 11) is 0. The number of hydrogen-bond donors (Lipinski definition) is 0. The van der Waals surface area contributed by atoms with Crippen molar-refractivity contribution in [3.8, 4) is 11.3 Å². The molecule has 1 aliphatic heterocycles. The van der Waals surface area contributed by atoms with Crippen LogP contribution in [0.25, 0.3) is 38.6 Å². The first-order valence-corrected chi connectivity index (χ1v) is 14.8. The summed E-state index contributed by atoms with van der Waals surface area (Å²) >= 11 is 0. The van der Waals surface area contributed by atoms with Crippen molar-refractivity contribution in [1.29, 1.82) is 0 Å². The van der Waals surface area contributed by atoms with Crippen molar-refractivity contribution in [3.05, 3.63) is 83.6 Å². The van der Waals surface area contributed by atoms with Crippen molar-refractivity contribution in [3.63, 3.8) is 0 Å². The number of fused-ring (bicyclic) bond motifs is 3. The van der Waals surface area contributed by atoms with Crippen LogP contribution in [0.4, 0.5) is 0 Å². The summed E-state index contributed by atoms with van der Waals surface area (Å²) in [5, 5.41) is 4.16. The van der Waals surface area contributed by atoms with E-state index in [9.17, 15) is 0 Å². The SMILES string of the molecule is CCCc1cccc(CC(C)C)c1-c1c[n+]2c3c4c(cccc4c4ccccc4n13)C(C)(CC)C2(C)CC. The van der Waals surface area contributed by atoms with Crippen LogP contribution >= 0.6 is 0 Å². The van der Waals surface area contributed by atoms with Gasteiger partial charge in [0.15, 0.2) is 5.69 Å². The summed E-state index contributed by atoms with van der Waals surface area (Å²) in [6.45, 7) is 16.8. The molecule has 0 radical (unpaired) electrons. The lowest BCUT2D eigenvalue weighted by Crippen LogP contribution is -2.65. The number of pyridine rings is 1. The van der Waals surface area contributed by atoms with Crippen LogP contribution in [0.15, 0.2) is 66.9 Å². The summed E-state index contributed by atoms with van der Waals surface area (Å²) in [6.07, 6.45) is 8.06. The van der Waals surface area contributed by atoms with E-state index in [-0.39, 0.29) is 11.0 Å². The highest BCUT2D eigenvalue weighted by Crippen LogP contribution is 2.51. The number of aromatic nitrogens is 2. The first kappa shape index (κ1) is 25.2. The Morgan fingerprint density at radius 3 is 2.24 bits per heavy atom. The molecule has 0 aliphatic carbocycles. The molecule has 196 valence electrons. The number of imidazole rings is 1. The van der Waals surface area contributed by atoms with Gasteiger partial charge in [-0.15, -0.1) is 0 Å². The molecule has 0 saturated heterocycles. The third-order valence-electron chi connectivity index (χ3n) is 10.0. The lowest BCUT2D eigenvalue weighted by Gasteiger charge is -2.46. The Labute approximate surface area is 228 Å². The van der Waals surface area contributed by atoms with E-state index in [0.29, 0.717) is 5.92 Å². The molecule has 0 amide bonds. The lowest BCUT2D eigenvalue weighted by molar-refractivity contribution is -0.750.